The lowest BCUT2D eigenvalue weighted by Gasteiger charge is -2.34. The third-order valence-corrected chi connectivity index (χ3v) is 5.91. The minimum absolute atomic E-state index is 0.603. The number of nitrogens with one attached hydrogen (secondary N) is 2. The van der Waals surface area contributed by atoms with Crippen molar-refractivity contribution in [1.29, 1.82) is 0 Å². The molecule has 3 aliphatic rings. The number of hydrogen-bond acceptors (Lipinski definition) is 2. The molecule has 110 valence electrons. The second kappa shape index (κ2) is 6.13. The Morgan fingerprint density at radius 3 is 2.42 bits per heavy atom. The summed E-state index contributed by atoms with van der Waals surface area (Å²) in [5.41, 5.74) is 0.603. The van der Waals surface area contributed by atoms with Crippen LogP contribution in [-0.4, -0.2) is 25.2 Å². The number of piperidine rings is 1. The Bertz CT molecular complexity index is 271. The van der Waals surface area contributed by atoms with Crippen LogP contribution in [0, 0.1) is 11.3 Å². The van der Waals surface area contributed by atoms with Crippen LogP contribution in [0.2, 0.25) is 0 Å². The average molecular weight is 264 g/mol. The standard InChI is InChI=1S/C17H32N2/c1-17(8-3-2-4-9-17)13-18-10-7-14-11-15-5-6-16(12-14)19-15/h14-16,18-19H,2-13H2,1H3. The maximum absolute atomic E-state index is 3.77. The second-order valence-corrected chi connectivity index (χ2v) is 7.81. The van der Waals surface area contributed by atoms with Gasteiger partial charge in [-0.3, -0.25) is 0 Å². The van der Waals surface area contributed by atoms with Crippen LogP contribution in [0.1, 0.15) is 71.1 Å². The fourth-order valence-corrected chi connectivity index (χ4v) is 4.69. The van der Waals surface area contributed by atoms with Crippen LogP contribution in [0.5, 0.6) is 0 Å². The van der Waals surface area contributed by atoms with E-state index < -0.39 is 0 Å². The van der Waals surface area contributed by atoms with Crippen LogP contribution in [0.25, 0.3) is 0 Å². The van der Waals surface area contributed by atoms with Gasteiger partial charge in [0.2, 0.25) is 0 Å². The third-order valence-electron chi connectivity index (χ3n) is 5.91. The van der Waals surface area contributed by atoms with E-state index in [1.165, 1.54) is 77.3 Å². The summed E-state index contributed by atoms with van der Waals surface area (Å²) in [6, 6.07) is 1.72. The van der Waals surface area contributed by atoms with E-state index in [4.69, 9.17) is 0 Å². The first-order chi connectivity index (χ1) is 9.23. The Morgan fingerprint density at radius 2 is 1.74 bits per heavy atom. The highest BCUT2D eigenvalue weighted by atomic mass is 15.0. The summed E-state index contributed by atoms with van der Waals surface area (Å²) < 4.78 is 0. The number of fused-ring (bicyclic) bond motifs is 2. The Balaban J connectivity index is 1.32. The molecule has 0 aromatic heterocycles. The molecular formula is C17H32N2. The molecule has 0 spiro atoms. The van der Waals surface area contributed by atoms with Gasteiger partial charge in [-0.25, -0.2) is 0 Å². The van der Waals surface area contributed by atoms with E-state index in [2.05, 4.69) is 17.6 Å². The summed E-state index contributed by atoms with van der Waals surface area (Å²) >= 11 is 0. The maximum Gasteiger partial charge on any atom is 0.00728 e. The summed E-state index contributed by atoms with van der Waals surface area (Å²) in [6.45, 7) is 4.99. The quantitative estimate of drug-likeness (QED) is 0.743. The van der Waals surface area contributed by atoms with Gasteiger partial charge in [0.25, 0.3) is 0 Å². The Morgan fingerprint density at radius 1 is 1.05 bits per heavy atom. The van der Waals surface area contributed by atoms with Crippen molar-refractivity contribution in [2.45, 2.75) is 83.2 Å². The lowest BCUT2D eigenvalue weighted by molar-refractivity contribution is 0.204. The van der Waals surface area contributed by atoms with Gasteiger partial charge in [-0.1, -0.05) is 26.2 Å². The lowest BCUT2D eigenvalue weighted by Crippen LogP contribution is -2.39. The van der Waals surface area contributed by atoms with Crippen molar-refractivity contribution in [2.75, 3.05) is 13.1 Å². The van der Waals surface area contributed by atoms with Gasteiger partial charge in [0.15, 0.2) is 0 Å². The van der Waals surface area contributed by atoms with Gasteiger partial charge in [0.1, 0.15) is 0 Å². The molecule has 2 aliphatic heterocycles. The molecule has 2 heterocycles. The van der Waals surface area contributed by atoms with Crippen molar-refractivity contribution in [3.8, 4) is 0 Å². The van der Waals surface area contributed by atoms with Crippen LogP contribution in [-0.2, 0) is 0 Å². The largest absolute Gasteiger partial charge is 0.316 e. The van der Waals surface area contributed by atoms with Gasteiger partial charge >= 0.3 is 0 Å². The van der Waals surface area contributed by atoms with E-state index >= 15 is 0 Å². The first-order valence-electron chi connectivity index (χ1n) is 8.70. The smallest absolute Gasteiger partial charge is 0.00728 e. The molecule has 2 unspecified atom stereocenters. The molecular weight excluding hydrogens is 232 g/mol. The number of hydrogen-bond donors (Lipinski definition) is 2. The first-order valence-corrected chi connectivity index (χ1v) is 8.70. The van der Waals surface area contributed by atoms with Gasteiger partial charge in [0, 0.05) is 18.6 Å². The molecule has 1 aliphatic carbocycles. The molecule has 19 heavy (non-hydrogen) atoms. The molecule has 2 nitrogen and oxygen atoms in total. The molecule has 3 rings (SSSR count). The maximum atomic E-state index is 3.77. The van der Waals surface area contributed by atoms with Crippen LogP contribution in [0.4, 0.5) is 0 Å². The number of rotatable bonds is 5. The molecule has 0 aromatic carbocycles. The second-order valence-electron chi connectivity index (χ2n) is 7.81. The molecule has 0 radical (unpaired) electrons. The highest BCUT2D eigenvalue weighted by Gasteiger charge is 2.33. The molecule has 2 atom stereocenters. The van der Waals surface area contributed by atoms with E-state index in [-0.39, 0.29) is 0 Å². The Labute approximate surface area is 119 Å². The Kier molecular flexibility index (Phi) is 4.48. The summed E-state index contributed by atoms with van der Waals surface area (Å²) in [7, 11) is 0. The molecule has 2 heteroatoms. The normalized spacial score (nSPS) is 37.4. The predicted molar refractivity (Wildman–Crippen MR) is 81.3 cm³/mol. The van der Waals surface area contributed by atoms with E-state index in [0.717, 1.165) is 18.0 Å². The fourth-order valence-electron chi connectivity index (χ4n) is 4.69. The van der Waals surface area contributed by atoms with Crippen molar-refractivity contribution in [3.05, 3.63) is 0 Å². The van der Waals surface area contributed by atoms with Crippen molar-refractivity contribution in [2.24, 2.45) is 11.3 Å². The summed E-state index contributed by atoms with van der Waals surface area (Å²) in [5, 5.41) is 7.52. The molecule has 3 fully saturated rings. The van der Waals surface area contributed by atoms with E-state index in [0.29, 0.717) is 5.41 Å². The van der Waals surface area contributed by atoms with Crippen LogP contribution in [0.15, 0.2) is 0 Å². The molecule has 1 saturated carbocycles. The van der Waals surface area contributed by atoms with Crippen LogP contribution >= 0.6 is 0 Å². The zero-order valence-electron chi connectivity index (χ0n) is 12.7. The van der Waals surface area contributed by atoms with Crippen molar-refractivity contribution in [3.63, 3.8) is 0 Å². The van der Waals surface area contributed by atoms with Gasteiger partial charge in [-0.15, -0.1) is 0 Å². The molecule has 0 aromatic rings. The molecule has 0 amide bonds. The highest BCUT2D eigenvalue weighted by molar-refractivity contribution is 4.92. The monoisotopic (exact) mass is 264 g/mol. The molecule has 2 N–H and O–H groups in total. The Hall–Kier alpha value is -0.0800. The SMILES string of the molecule is CC1(CNCCC2CC3CCC(C2)N3)CCCCC1. The first kappa shape index (κ1) is 13.9. The van der Waals surface area contributed by atoms with Gasteiger partial charge in [-0.05, 0) is 62.8 Å². The van der Waals surface area contributed by atoms with Crippen LogP contribution < -0.4 is 10.6 Å². The molecule has 2 saturated heterocycles. The van der Waals surface area contributed by atoms with Crippen molar-refractivity contribution in [1.82, 2.24) is 10.6 Å². The minimum atomic E-state index is 0.603. The minimum Gasteiger partial charge on any atom is -0.316 e. The summed E-state index contributed by atoms with van der Waals surface area (Å²) in [5.74, 6) is 0.991. The van der Waals surface area contributed by atoms with E-state index in [1.54, 1.807) is 0 Å². The van der Waals surface area contributed by atoms with Crippen LogP contribution in [0.3, 0.4) is 0 Å². The predicted octanol–water partition coefficient (Wildman–Crippen LogP) is 3.47. The van der Waals surface area contributed by atoms with E-state index in [9.17, 15) is 0 Å². The van der Waals surface area contributed by atoms with E-state index in [1.807, 2.05) is 0 Å². The summed E-state index contributed by atoms with van der Waals surface area (Å²) in [6.07, 6.45) is 14.4. The van der Waals surface area contributed by atoms with Crippen molar-refractivity contribution >= 4 is 0 Å². The van der Waals surface area contributed by atoms with Gasteiger partial charge in [0.05, 0.1) is 0 Å². The average Bonchev–Trinajstić information content (AvgIpc) is 2.75. The zero-order chi connectivity index (χ0) is 13.1. The summed E-state index contributed by atoms with van der Waals surface area (Å²) in [4.78, 5) is 0. The topological polar surface area (TPSA) is 24.1 Å². The molecule has 2 bridgehead atoms. The zero-order valence-corrected chi connectivity index (χ0v) is 12.7. The lowest BCUT2D eigenvalue weighted by atomic mass is 9.75. The van der Waals surface area contributed by atoms with Gasteiger partial charge in [-0.2, -0.15) is 0 Å². The fraction of sp³-hybridized carbons (Fsp3) is 1.00. The van der Waals surface area contributed by atoms with Crippen molar-refractivity contribution < 1.29 is 0 Å². The third kappa shape index (κ3) is 3.72. The van der Waals surface area contributed by atoms with Gasteiger partial charge < -0.3 is 10.6 Å². The highest BCUT2D eigenvalue weighted by Crippen LogP contribution is 2.35.